The minimum Gasteiger partial charge on any atom is -0.383 e. The van der Waals surface area contributed by atoms with Gasteiger partial charge in [-0.2, -0.15) is 0 Å². The molecule has 1 aliphatic heterocycles. The average Bonchev–Trinajstić information content (AvgIpc) is 2.41. The van der Waals surface area contributed by atoms with E-state index in [-0.39, 0.29) is 0 Å². The third-order valence-corrected chi connectivity index (χ3v) is 3.11. The summed E-state index contributed by atoms with van der Waals surface area (Å²) >= 11 is 0. The van der Waals surface area contributed by atoms with Crippen LogP contribution in [0, 0.1) is 0 Å². The van der Waals surface area contributed by atoms with E-state index >= 15 is 0 Å². The summed E-state index contributed by atoms with van der Waals surface area (Å²) in [6.07, 6.45) is 1.23. The highest BCUT2D eigenvalue weighted by Crippen LogP contribution is 2.21. The van der Waals surface area contributed by atoms with Crippen LogP contribution >= 0.6 is 0 Å². The number of nitrogens with one attached hydrogen (secondary N) is 1. The molecule has 1 unspecified atom stereocenters. The van der Waals surface area contributed by atoms with Gasteiger partial charge in [-0.1, -0.05) is 25.1 Å². The van der Waals surface area contributed by atoms with Crippen LogP contribution in [0.3, 0.4) is 0 Å². The van der Waals surface area contributed by atoms with Crippen molar-refractivity contribution in [3.8, 4) is 0 Å². The van der Waals surface area contributed by atoms with Crippen LogP contribution in [0.4, 0.5) is 5.69 Å². The molecule has 0 aliphatic carbocycles. The summed E-state index contributed by atoms with van der Waals surface area (Å²) in [5, 5.41) is 3.52. The molecule has 0 spiro atoms. The lowest BCUT2D eigenvalue weighted by Gasteiger charge is -2.25. The van der Waals surface area contributed by atoms with Gasteiger partial charge in [-0.15, -0.1) is 0 Å². The third kappa shape index (κ3) is 2.32. The summed E-state index contributed by atoms with van der Waals surface area (Å²) in [5.74, 6) is 0. The molecule has 0 saturated carbocycles. The van der Waals surface area contributed by atoms with Gasteiger partial charge < -0.3 is 5.32 Å². The molecular formula is C13H20N2. The number of rotatable bonds is 2. The lowest BCUT2D eigenvalue weighted by Crippen LogP contribution is -2.35. The van der Waals surface area contributed by atoms with Gasteiger partial charge in [0.1, 0.15) is 0 Å². The molecule has 82 valence electrons. The van der Waals surface area contributed by atoms with Gasteiger partial charge in [0, 0.05) is 24.8 Å². The van der Waals surface area contributed by atoms with Gasteiger partial charge in [-0.25, -0.2) is 0 Å². The van der Waals surface area contributed by atoms with Crippen molar-refractivity contribution in [2.24, 2.45) is 0 Å². The zero-order chi connectivity index (χ0) is 10.7. The van der Waals surface area contributed by atoms with Crippen molar-refractivity contribution in [1.29, 1.82) is 0 Å². The van der Waals surface area contributed by atoms with Gasteiger partial charge in [0.05, 0.1) is 0 Å². The number of anilines is 1. The van der Waals surface area contributed by atoms with Crippen LogP contribution in [0.1, 0.15) is 25.8 Å². The Hall–Kier alpha value is -1.02. The normalized spacial score (nSPS) is 21.6. The predicted octanol–water partition coefficient (Wildman–Crippen LogP) is 2.71. The van der Waals surface area contributed by atoms with Crippen molar-refractivity contribution in [3.63, 3.8) is 0 Å². The molecule has 1 aromatic carbocycles. The number of fused-ring (bicyclic) bond motifs is 1. The summed E-state index contributed by atoms with van der Waals surface area (Å²) in [5.41, 5.74) is 2.73. The van der Waals surface area contributed by atoms with E-state index in [2.05, 4.69) is 48.3 Å². The second kappa shape index (κ2) is 4.67. The van der Waals surface area contributed by atoms with Crippen molar-refractivity contribution in [2.45, 2.75) is 32.9 Å². The molecule has 1 atom stereocenters. The Labute approximate surface area is 92.3 Å². The van der Waals surface area contributed by atoms with Gasteiger partial charge in [0.2, 0.25) is 0 Å². The average molecular weight is 204 g/mol. The summed E-state index contributed by atoms with van der Waals surface area (Å²) in [6, 6.07) is 9.25. The number of hydrogen-bond acceptors (Lipinski definition) is 2. The zero-order valence-corrected chi connectivity index (χ0v) is 9.66. The van der Waals surface area contributed by atoms with Crippen molar-refractivity contribution in [2.75, 3.05) is 18.4 Å². The van der Waals surface area contributed by atoms with E-state index in [9.17, 15) is 0 Å². The van der Waals surface area contributed by atoms with Crippen LogP contribution in [0.5, 0.6) is 0 Å². The van der Waals surface area contributed by atoms with E-state index in [0.717, 1.165) is 13.1 Å². The van der Waals surface area contributed by atoms with Gasteiger partial charge >= 0.3 is 0 Å². The van der Waals surface area contributed by atoms with Crippen LogP contribution in [-0.2, 0) is 6.54 Å². The van der Waals surface area contributed by atoms with Gasteiger partial charge in [0.25, 0.3) is 0 Å². The minimum absolute atomic E-state index is 0.623. The van der Waals surface area contributed by atoms with Crippen LogP contribution < -0.4 is 5.32 Å². The van der Waals surface area contributed by atoms with E-state index in [0.29, 0.717) is 6.04 Å². The Kier molecular flexibility index (Phi) is 3.27. The Balaban J connectivity index is 2.19. The highest BCUT2D eigenvalue weighted by atomic mass is 15.2. The lowest BCUT2D eigenvalue weighted by atomic mass is 10.1. The largest absolute Gasteiger partial charge is 0.383 e. The smallest absolute Gasteiger partial charge is 0.0386 e. The minimum atomic E-state index is 0.623. The van der Waals surface area contributed by atoms with Gasteiger partial charge in [0.15, 0.2) is 0 Å². The standard InChI is InChI=1S/C13H20N2/c1-3-8-15-10-12-6-4-5-7-13(12)14-9-11(15)2/h4-7,11,14H,3,8-10H2,1-2H3. The number of nitrogens with zero attached hydrogens (tertiary/aromatic N) is 1. The molecule has 1 aromatic rings. The molecule has 1 N–H and O–H groups in total. The molecule has 0 amide bonds. The molecule has 2 heteroatoms. The summed E-state index contributed by atoms with van der Waals surface area (Å²) in [4.78, 5) is 2.55. The highest BCUT2D eigenvalue weighted by Gasteiger charge is 2.18. The zero-order valence-electron chi connectivity index (χ0n) is 9.66. The van der Waals surface area contributed by atoms with Crippen molar-refractivity contribution < 1.29 is 0 Å². The molecule has 2 rings (SSSR count). The molecule has 1 aliphatic rings. The molecule has 0 saturated heterocycles. The van der Waals surface area contributed by atoms with E-state index < -0.39 is 0 Å². The predicted molar refractivity (Wildman–Crippen MR) is 65.1 cm³/mol. The quantitative estimate of drug-likeness (QED) is 0.797. The molecule has 15 heavy (non-hydrogen) atoms. The number of para-hydroxylation sites is 1. The first-order valence-corrected chi connectivity index (χ1v) is 5.87. The molecule has 0 fully saturated rings. The van der Waals surface area contributed by atoms with E-state index in [1.807, 2.05) is 0 Å². The Bertz CT molecular complexity index is 322. The van der Waals surface area contributed by atoms with Crippen LogP contribution in [0.25, 0.3) is 0 Å². The molecular weight excluding hydrogens is 184 g/mol. The Morgan fingerprint density at radius 2 is 2.20 bits per heavy atom. The van der Waals surface area contributed by atoms with Crippen LogP contribution in [0.2, 0.25) is 0 Å². The topological polar surface area (TPSA) is 15.3 Å². The SMILES string of the molecule is CCCN1Cc2ccccc2NCC1C. The van der Waals surface area contributed by atoms with E-state index in [1.165, 1.54) is 24.2 Å². The maximum Gasteiger partial charge on any atom is 0.0386 e. The number of hydrogen-bond donors (Lipinski definition) is 1. The maximum absolute atomic E-state index is 3.52. The van der Waals surface area contributed by atoms with Gasteiger partial charge in [-0.3, -0.25) is 4.90 Å². The van der Waals surface area contributed by atoms with Gasteiger partial charge in [-0.05, 0) is 31.5 Å². The first-order chi connectivity index (χ1) is 7.31. The first-order valence-electron chi connectivity index (χ1n) is 5.87. The maximum atomic E-state index is 3.52. The van der Waals surface area contributed by atoms with Crippen molar-refractivity contribution >= 4 is 5.69 Å². The molecule has 0 radical (unpaired) electrons. The fraction of sp³-hybridized carbons (Fsp3) is 0.538. The monoisotopic (exact) mass is 204 g/mol. The van der Waals surface area contributed by atoms with E-state index in [4.69, 9.17) is 0 Å². The number of benzene rings is 1. The molecule has 0 aromatic heterocycles. The lowest BCUT2D eigenvalue weighted by molar-refractivity contribution is 0.212. The second-order valence-corrected chi connectivity index (χ2v) is 4.36. The highest BCUT2D eigenvalue weighted by molar-refractivity contribution is 5.51. The second-order valence-electron chi connectivity index (χ2n) is 4.36. The fourth-order valence-corrected chi connectivity index (χ4v) is 2.18. The van der Waals surface area contributed by atoms with E-state index in [1.54, 1.807) is 0 Å². The summed E-state index contributed by atoms with van der Waals surface area (Å²) in [7, 11) is 0. The molecule has 0 bridgehead atoms. The Morgan fingerprint density at radius 3 is 3.00 bits per heavy atom. The molecule has 2 nitrogen and oxygen atoms in total. The first kappa shape index (κ1) is 10.5. The fourth-order valence-electron chi connectivity index (χ4n) is 2.18. The summed E-state index contributed by atoms with van der Waals surface area (Å²) < 4.78 is 0. The van der Waals surface area contributed by atoms with Crippen LogP contribution in [0.15, 0.2) is 24.3 Å². The molecule has 1 heterocycles. The Morgan fingerprint density at radius 1 is 1.40 bits per heavy atom. The van der Waals surface area contributed by atoms with Crippen LogP contribution in [-0.4, -0.2) is 24.0 Å². The van der Waals surface area contributed by atoms with Crippen molar-refractivity contribution in [3.05, 3.63) is 29.8 Å². The van der Waals surface area contributed by atoms with Crippen molar-refractivity contribution in [1.82, 2.24) is 4.90 Å². The summed E-state index contributed by atoms with van der Waals surface area (Å²) in [6.45, 7) is 7.87. The third-order valence-electron chi connectivity index (χ3n) is 3.11.